The Morgan fingerprint density at radius 3 is 2.20 bits per heavy atom. The Morgan fingerprint density at radius 2 is 1.52 bits per heavy atom. The van der Waals surface area contributed by atoms with E-state index in [1.807, 2.05) is 0 Å². The molecule has 0 fully saturated rings. The van der Waals surface area contributed by atoms with Crippen LogP contribution in [0.2, 0.25) is 5.02 Å². The molecule has 0 spiro atoms. The SMILES string of the molecule is O=S(=O)(O)c1cccc2cccc(/N=N/c3cc(Cl)c(O)cc3O)c12. The lowest BCUT2D eigenvalue weighted by molar-refractivity contribution is 0.451. The minimum atomic E-state index is -4.46. The van der Waals surface area contributed by atoms with Gasteiger partial charge in [-0.05, 0) is 23.6 Å². The van der Waals surface area contributed by atoms with Crippen molar-refractivity contribution in [2.24, 2.45) is 10.2 Å². The summed E-state index contributed by atoms with van der Waals surface area (Å²) in [5.74, 6) is -0.655. The minimum Gasteiger partial charge on any atom is -0.506 e. The van der Waals surface area contributed by atoms with Gasteiger partial charge >= 0.3 is 0 Å². The molecule has 0 saturated carbocycles. The van der Waals surface area contributed by atoms with Gasteiger partial charge in [0.25, 0.3) is 10.1 Å². The van der Waals surface area contributed by atoms with Crippen LogP contribution in [0.1, 0.15) is 0 Å². The highest BCUT2D eigenvalue weighted by atomic mass is 35.5. The predicted molar refractivity (Wildman–Crippen MR) is 92.7 cm³/mol. The van der Waals surface area contributed by atoms with Crippen molar-refractivity contribution in [3.8, 4) is 11.5 Å². The number of azo groups is 1. The van der Waals surface area contributed by atoms with Gasteiger partial charge in [0.05, 0.1) is 10.7 Å². The van der Waals surface area contributed by atoms with Gasteiger partial charge in [0.15, 0.2) is 0 Å². The molecule has 0 amide bonds. The molecule has 7 nitrogen and oxygen atoms in total. The molecule has 0 saturated heterocycles. The fourth-order valence-corrected chi connectivity index (χ4v) is 3.20. The summed E-state index contributed by atoms with van der Waals surface area (Å²) in [5.41, 5.74) is 0.165. The van der Waals surface area contributed by atoms with Crippen molar-refractivity contribution >= 4 is 43.9 Å². The summed E-state index contributed by atoms with van der Waals surface area (Å²) in [5, 5.41) is 27.7. The van der Waals surface area contributed by atoms with Crippen LogP contribution in [0.5, 0.6) is 11.5 Å². The maximum atomic E-state index is 11.6. The number of aromatic hydroxyl groups is 2. The predicted octanol–water partition coefficient (Wildman–Crippen LogP) is 4.57. The van der Waals surface area contributed by atoms with Crippen molar-refractivity contribution in [2.75, 3.05) is 0 Å². The highest BCUT2D eigenvalue weighted by Gasteiger charge is 2.16. The number of fused-ring (bicyclic) bond motifs is 1. The molecule has 3 aromatic rings. The normalized spacial score (nSPS) is 12.1. The molecule has 0 atom stereocenters. The Morgan fingerprint density at radius 1 is 0.880 bits per heavy atom. The molecule has 0 bridgehead atoms. The van der Waals surface area contributed by atoms with Crippen molar-refractivity contribution in [1.29, 1.82) is 0 Å². The number of phenols is 2. The van der Waals surface area contributed by atoms with Gasteiger partial charge in [-0.25, -0.2) is 0 Å². The molecule has 0 unspecified atom stereocenters. The monoisotopic (exact) mass is 378 g/mol. The smallest absolute Gasteiger partial charge is 0.295 e. The summed E-state index contributed by atoms with van der Waals surface area (Å²) >= 11 is 5.77. The third-order valence-electron chi connectivity index (χ3n) is 3.43. The molecule has 0 aliphatic heterocycles. The molecule has 0 radical (unpaired) electrons. The van der Waals surface area contributed by atoms with E-state index < -0.39 is 10.1 Å². The Balaban J connectivity index is 2.19. The summed E-state index contributed by atoms with van der Waals surface area (Å²) in [4.78, 5) is -0.299. The van der Waals surface area contributed by atoms with E-state index in [0.29, 0.717) is 5.39 Å². The zero-order chi connectivity index (χ0) is 18.2. The lowest BCUT2D eigenvalue weighted by Crippen LogP contribution is -1.98. The average molecular weight is 379 g/mol. The van der Waals surface area contributed by atoms with E-state index in [1.54, 1.807) is 18.2 Å². The standard InChI is InChI=1S/C16H11ClN2O5S/c17-10-7-12(14(21)8-13(10)20)19-18-11-5-1-3-9-4-2-6-15(16(9)11)25(22,23)24/h1-8,20-21H,(H,22,23,24)/b19-18+. The maximum Gasteiger partial charge on any atom is 0.295 e. The zero-order valence-corrected chi connectivity index (χ0v) is 14.0. The number of phenolic OH excluding ortho intramolecular Hbond substituents is 2. The van der Waals surface area contributed by atoms with E-state index in [4.69, 9.17) is 11.6 Å². The average Bonchev–Trinajstić information content (AvgIpc) is 2.55. The van der Waals surface area contributed by atoms with Crippen LogP contribution in [0.3, 0.4) is 0 Å². The molecule has 3 rings (SSSR count). The molecule has 0 heterocycles. The van der Waals surface area contributed by atoms with Gasteiger partial charge in [-0.1, -0.05) is 35.9 Å². The second-order valence-corrected chi connectivity index (χ2v) is 6.90. The molecular weight excluding hydrogens is 368 g/mol. The van der Waals surface area contributed by atoms with Gasteiger partial charge < -0.3 is 10.2 Å². The summed E-state index contributed by atoms with van der Waals surface area (Å²) in [6.07, 6.45) is 0. The van der Waals surface area contributed by atoms with Crippen LogP contribution in [-0.2, 0) is 10.1 Å². The van der Waals surface area contributed by atoms with Crippen LogP contribution in [0, 0.1) is 0 Å². The lowest BCUT2D eigenvalue weighted by Gasteiger charge is -2.06. The molecule has 0 aliphatic carbocycles. The van der Waals surface area contributed by atoms with Gasteiger partial charge in [-0.3, -0.25) is 4.55 Å². The number of nitrogens with zero attached hydrogens (tertiary/aromatic N) is 2. The quantitative estimate of drug-likeness (QED) is 0.455. The molecule has 25 heavy (non-hydrogen) atoms. The van der Waals surface area contributed by atoms with E-state index in [2.05, 4.69) is 10.2 Å². The summed E-state index contributed by atoms with van der Waals surface area (Å²) in [6.45, 7) is 0. The highest BCUT2D eigenvalue weighted by Crippen LogP contribution is 2.38. The van der Waals surface area contributed by atoms with E-state index >= 15 is 0 Å². The summed E-state index contributed by atoms with van der Waals surface area (Å²) < 4.78 is 32.6. The molecule has 128 valence electrons. The van der Waals surface area contributed by atoms with Crippen LogP contribution in [0.4, 0.5) is 11.4 Å². The third kappa shape index (κ3) is 3.41. The first kappa shape index (κ1) is 17.2. The number of hydrogen-bond donors (Lipinski definition) is 3. The van der Waals surface area contributed by atoms with Crippen LogP contribution < -0.4 is 0 Å². The largest absolute Gasteiger partial charge is 0.506 e. The van der Waals surface area contributed by atoms with Crippen LogP contribution in [-0.4, -0.2) is 23.2 Å². The third-order valence-corrected chi connectivity index (χ3v) is 4.63. The summed E-state index contributed by atoms with van der Waals surface area (Å²) in [6, 6.07) is 11.5. The van der Waals surface area contributed by atoms with Gasteiger partial charge in [0.2, 0.25) is 0 Å². The van der Waals surface area contributed by atoms with Crippen molar-refractivity contribution in [3.63, 3.8) is 0 Å². The van der Waals surface area contributed by atoms with Crippen molar-refractivity contribution < 1.29 is 23.2 Å². The Hall–Kier alpha value is -2.68. The first-order valence-corrected chi connectivity index (χ1v) is 8.71. The van der Waals surface area contributed by atoms with Crippen LogP contribution >= 0.6 is 11.6 Å². The van der Waals surface area contributed by atoms with Crippen LogP contribution in [0.25, 0.3) is 10.8 Å². The topological polar surface area (TPSA) is 120 Å². The second-order valence-electron chi connectivity index (χ2n) is 5.10. The van der Waals surface area contributed by atoms with E-state index in [9.17, 15) is 23.2 Å². The highest BCUT2D eigenvalue weighted by molar-refractivity contribution is 7.86. The minimum absolute atomic E-state index is 0.0101. The molecule has 3 N–H and O–H groups in total. The Labute approximate surface area is 147 Å². The van der Waals surface area contributed by atoms with Gasteiger partial charge in [-0.2, -0.15) is 8.42 Å². The fourth-order valence-electron chi connectivity index (χ4n) is 2.31. The maximum absolute atomic E-state index is 11.6. The second kappa shape index (κ2) is 6.32. The Bertz CT molecular complexity index is 1110. The molecular formula is C16H11ClN2O5S. The zero-order valence-electron chi connectivity index (χ0n) is 12.5. The fraction of sp³-hybridized carbons (Fsp3) is 0. The van der Waals surface area contributed by atoms with Gasteiger partial charge in [0.1, 0.15) is 22.1 Å². The summed E-state index contributed by atoms with van der Waals surface area (Å²) in [7, 11) is -4.46. The molecule has 0 aliphatic rings. The Kier molecular flexibility index (Phi) is 4.34. The number of halogens is 1. The molecule has 0 aromatic heterocycles. The van der Waals surface area contributed by atoms with Crippen molar-refractivity contribution in [2.45, 2.75) is 4.90 Å². The first-order chi connectivity index (χ1) is 11.8. The number of hydrogen-bond acceptors (Lipinski definition) is 6. The number of rotatable bonds is 3. The van der Waals surface area contributed by atoms with E-state index in [1.165, 1.54) is 24.3 Å². The van der Waals surface area contributed by atoms with E-state index in [-0.39, 0.29) is 38.2 Å². The van der Waals surface area contributed by atoms with Crippen LogP contribution in [0.15, 0.2) is 63.7 Å². The first-order valence-electron chi connectivity index (χ1n) is 6.90. The molecule has 3 aromatic carbocycles. The van der Waals surface area contributed by atoms with Crippen molar-refractivity contribution in [1.82, 2.24) is 0 Å². The van der Waals surface area contributed by atoms with Crippen molar-refractivity contribution in [3.05, 3.63) is 53.6 Å². The molecule has 9 heteroatoms. The van der Waals surface area contributed by atoms with Gasteiger partial charge in [0, 0.05) is 11.5 Å². The van der Waals surface area contributed by atoms with Gasteiger partial charge in [-0.15, -0.1) is 10.2 Å². The lowest BCUT2D eigenvalue weighted by atomic mass is 10.1. The van der Waals surface area contributed by atoms with E-state index in [0.717, 1.165) is 6.07 Å². The number of benzene rings is 3.